The van der Waals surface area contributed by atoms with Crippen LogP contribution in [0.2, 0.25) is 40.2 Å². The zero-order chi connectivity index (χ0) is 85.3. The number of nitrogens with two attached hydrogens (primary N) is 2. The zero-order valence-corrected chi connectivity index (χ0v) is 75.8. The van der Waals surface area contributed by atoms with Crippen LogP contribution in [0.15, 0.2) is 129 Å². The van der Waals surface area contributed by atoms with Crippen LogP contribution in [0, 0.1) is 88.9 Å². The number of nitrogens with zero attached hydrogens (tertiary/aromatic N) is 14. The minimum absolute atomic E-state index is 0.00196. The van der Waals surface area contributed by atoms with Gasteiger partial charge in [-0.05, 0) is 238 Å². The van der Waals surface area contributed by atoms with Gasteiger partial charge in [-0.25, -0.2) is 19.9 Å². The molecule has 18 rings (SSSR count). The van der Waals surface area contributed by atoms with Crippen LogP contribution in [-0.4, -0.2) is 101 Å². The average Bonchev–Trinajstić information content (AvgIpc) is 1.29. The van der Waals surface area contributed by atoms with Gasteiger partial charge >= 0.3 is 0 Å². The van der Waals surface area contributed by atoms with Crippen molar-refractivity contribution in [2.24, 2.45) is 45.0 Å². The Morgan fingerprint density at radius 3 is 0.800 bits per heavy atom. The standard InChI is InChI=1S/2C24H25Cl2N5O.2C22H27Cl2N3O/c2*1-14-22(29-15(2)31(23(14)32)19-7-3-6-17(25)20(19)26)30-11-8-24(9-12-30)13-18-16(21(24)27)5-4-10-28-18;2*1-14-6-5-9-22(14)10-12-26(13-11-22)20-15(2)21(28)27(16(3)25-20)18-8-4-7-17(23)19(18)24/h2*3-7,10,21H,8-9,11-13,27H2,1-2H3;2*4,7-8,14H,5-6,9-13H2,1-3H3/t2*21-;2*14-/m1000/s1. The largest absolute Gasteiger partial charge is 0.356 e. The highest BCUT2D eigenvalue weighted by molar-refractivity contribution is 6.44. The number of anilines is 4. The third-order valence-electron chi connectivity index (χ3n) is 28.3. The van der Waals surface area contributed by atoms with Gasteiger partial charge < -0.3 is 31.1 Å². The lowest BCUT2D eigenvalue weighted by molar-refractivity contribution is 0.161. The number of halogens is 8. The van der Waals surface area contributed by atoms with Crippen molar-refractivity contribution in [3.63, 3.8) is 0 Å². The minimum Gasteiger partial charge on any atom is -0.356 e. The molecule has 0 unspecified atom stereocenters. The average molecular weight is 1780 g/mol. The Morgan fingerprint density at radius 1 is 0.333 bits per heavy atom. The lowest BCUT2D eigenvalue weighted by Gasteiger charge is -2.43. The summed E-state index contributed by atoms with van der Waals surface area (Å²) >= 11 is 50.2. The number of pyridine rings is 2. The Balaban J connectivity index is 0.000000125. The summed E-state index contributed by atoms with van der Waals surface area (Å²) in [6.07, 6.45) is 22.2. The predicted molar refractivity (Wildman–Crippen MR) is 489 cm³/mol. The maximum atomic E-state index is 13.3. The van der Waals surface area contributed by atoms with Crippen LogP contribution < -0.4 is 53.3 Å². The highest BCUT2D eigenvalue weighted by Crippen LogP contribution is 2.55. The van der Waals surface area contributed by atoms with Crippen molar-refractivity contribution in [2.75, 3.05) is 72.0 Å². The fourth-order valence-corrected chi connectivity index (χ4v) is 22.4. The molecule has 20 nitrogen and oxygen atoms in total. The lowest BCUT2D eigenvalue weighted by atomic mass is 9.71. The molecule has 28 heteroatoms. The molecule has 6 aromatic heterocycles. The van der Waals surface area contributed by atoms with Crippen LogP contribution in [0.25, 0.3) is 22.7 Å². The lowest BCUT2D eigenvalue weighted by Crippen LogP contribution is -2.45. The second-order valence-corrected chi connectivity index (χ2v) is 37.8. The first-order chi connectivity index (χ1) is 57.3. The van der Waals surface area contributed by atoms with Gasteiger partial charge in [-0.2, -0.15) is 0 Å². The molecule has 4 aliphatic carbocycles. The zero-order valence-electron chi connectivity index (χ0n) is 69.7. The second-order valence-electron chi connectivity index (χ2n) is 34.7. The first kappa shape index (κ1) is 87.1. The van der Waals surface area contributed by atoms with E-state index in [0.717, 1.165) is 137 Å². The monoisotopic (exact) mass is 1780 g/mol. The fourth-order valence-electron chi connectivity index (χ4n) is 20.9. The number of piperidine rings is 4. The quantitative estimate of drug-likeness (QED) is 0.144. The highest BCUT2D eigenvalue weighted by Gasteiger charge is 2.50. The Morgan fingerprint density at radius 2 is 0.575 bits per heavy atom. The molecule has 8 aliphatic rings. The van der Waals surface area contributed by atoms with E-state index in [0.29, 0.717) is 119 Å². The molecular weight excluding hydrogens is 1680 g/mol. The van der Waals surface area contributed by atoms with Crippen LogP contribution >= 0.6 is 92.8 Å². The Bertz CT molecular complexity index is 5500. The molecule has 10 aromatic rings. The number of fused-ring (bicyclic) bond motifs is 2. The molecule has 6 fully saturated rings. The molecule has 0 bridgehead atoms. The van der Waals surface area contributed by atoms with Crippen LogP contribution in [0.1, 0.15) is 184 Å². The van der Waals surface area contributed by atoms with Crippen molar-refractivity contribution in [1.82, 2.24) is 48.2 Å². The van der Waals surface area contributed by atoms with Crippen LogP contribution in [-0.2, 0) is 12.8 Å². The third kappa shape index (κ3) is 16.0. The summed E-state index contributed by atoms with van der Waals surface area (Å²) in [5.41, 5.74) is 23.4. The molecule has 4 aromatic carbocycles. The summed E-state index contributed by atoms with van der Waals surface area (Å²) < 4.78 is 6.20. The van der Waals surface area contributed by atoms with E-state index in [9.17, 15) is 19.2 Å². The van der Waals surface area contributed by atoms with E-state index in [1.807, 2.05) is 79.9 Å². The molecule has 0 radical (unpaired) electrons. The van der Waals surface area contributed by atoms with Gasteiger partial charge in [0.25, 0.3) is 22.2 Å². The minimum atomic E-state index is -0.133. The summed E-state index contributed by atoms with van der Waals surface area (Å²) in [6.45, 7) is 26.6. The van der Waals surface area contributed by atoms with E-state index < -0.39 is 0 Å². The Labute approximate surface area is 741 Å². The van der Waals surface area contributed by atoms with E-state index >= 15 is 0 Å². The Hall–Kier alpha value is -7.86. The maximum Gasteiger partial charge on any atom is 0.263 e. The van der Waals surface area contributed by atoms with Gasteiger partial charge in [0.1, 0.15) is 46.6 Å². The maximum absolute atomic E-state index is 13.3. The van der Waals surface area contributed by atoms with Crippen LogP contribution in [0.4, 0.5) is 23.3 Å². The van der Waals surface area contributed by atoms with Crippen molar-refractivity contribution in [3.05, 3.63) is 259 Å². The van der Waals surface area contributed by atoms with E-state index in [-0.39, 0.29) is 45.2 Å². The van der Waals surface area contributed by atoms with E-state index in [4.69, 9.17) is 124 Å². The second kappa shape index (κ2) is 35.0. The SMILES string of the molecule is Cc1c(N2CCC3(CC2)Cc2ncccc2[C@@H]3N)nc(C)n(-c2cccc(Cl)c2Cl)c1=O.Cc1c(N2CCC3(CC2)Cc2ncccc2[C@H]3N)nc(C)n(-c2cccc(Cl)c2Cl)c1=O.Cc1c(N2CCC3(CCC[C@@H]3C)CC2)nc(C)n(-c2cccc(Cl)c2Cl)c1=O.Cc1c(N2CCC3(CCC[C@@H]3C)CC2)nc(C)n(-c2cccc(Cl)c2Cl)c1=O. The number of hydrogen-bond acceptors (Lipinski definition) is 16. The molecule has 4 N–H and O–H groups in total. The number of aromatic nitrogens is 10. The van der Waals surface area contributed by atoms with Gasteiger partial charge in [-0.1, -0.05) is 169 Å². The molecule has 0 amide bonds. The number of aryl methyl sites for hydroxylation is 4. The predicted octanol–water partition coefficient (Wildman–Crippen LogP) is 19.9. The van der Waals surface area contributed by atoms with Gasteiger partial charge in [-0.15, -0.1) is 0 Å². The van der Waals surface area contributed by atoms with E-state index in [1.54, 1.807) is 81.9 Å². The molecule has 4 aliphatic heterocycles. The number of hydrogen-bond donors (Lipinski definition) is 2. The van der Waals surface area contributed by atoms with Crippen LogP contribution in [0.3, 0.4) is 0 Å². The molecule has 632 valence electrons. The summed E-state index contributed by atoms with van der Waals surface area (Å²) in [4.78, 5) is 90.5. The molecular formula is C92H104Cl8N16O4. The van der Waals surface area contributed by atoms with E-state index in [2.05, 4.69) is 55.5 Å². The summed E-state index contributed by atoms with van der Waals surface area (Å²) in [6, 6.07) is 29.3. The third-order valence-corrected chi connectivity index (χ3v) is 31.6. The molecule has 4 atom stereocenters. The first-order valence-corrected chi connectivity index (χ1v) is 44.9. The number of rotatable bonds is 8. The van der Waals surface area contributed by atoms with Gasteiger partial charge in [0.15, 0.2) is 0 Å². The highest BCUT2D eigenvalue weighted by atomic mass is 35.5. The molecule has 4 spiro atoms. The van der Waals surface area contributed by atoms with Crippen LogP contribution in [0.5, 0.6) is 0 Å². The summed E-state index contributed by atoms with van der Waals surface area (Å²) in [5.74, 6) is 7.14. The van der Waals surface area contributed by atoms with Gasteiger partial charge in [0.2, 0.25) is 0 Å². The topological polar surface area (TPSA) is 230 Å². The van der Waals surface area contributed by atoms with Crippen molar-refractivity contribution in [3.8, 4) is 22.7 Å². The van der Waals surface area contributed by atoms with Gasteiger partial charge in [0, 0.05) is 88.2 Å². The fraction of sp³-hybridized carbons (Fsp3) is 0.457. The first-order valence-electron chi connectivity index (χ1n) is 41.9. The summed E-state index contributed by atoms with van der Waals surface area (Å²) in [5, 5.41) is 3.10. The number of benzene rings is 4. The molecule has 10 heterocycles. The van der Waals surface area contributed by atoms with Crippen molar-refractivity contribution >= 4 is 116 Å². The van der Waals surface area contributed by atoms with Gasteiger partial charge in [-0.3, -0.25) is 47.4 Å². The van der Waals surface area contributed by atoms with E-state index in [1.165, 1.54) is 84.5 Å². The van der Waals surface area contributed by atoms with Crippen molar-refractivity contribution in [1.29, 1.82) is 0 Å². The normalized spacial score (nSPS) is 20.4. The smallest absolute Gasteiger partial charge is 0.263 e. The van der Waals surface area contributed by atoms with Gasteiger partial charge in [0.05, 0.1) is 85.2 Å². The molecule has 2 saturated carbocycles. The Kier molecular flexibility index (Phi) is 25.4. The van der Waals surface area contributed by atoms with Crippen molar-refractivity contribution in [2.45, 2.75) is 184 Å². The molecule has 4 saturated heterocycles. The van der Waals surface area contributed by atoms with Crippen molar-refractivity contribution < 1.29 is 0 Å². The molecule has 120 heavy (non-hydrogen) atoms. The summed E-state index contributed by atoms with van der Waals surface area (Å²) in [7, 11) is 0.